The summed E-state index contributed by atoms with van der Waals surface area (Å²) in [5, 5.41) is 4.38. The zero-order valence-corrected chi connectivity index (χ0v) is 13.3. The fourth-order valence-corrected chi connectivity index (χ4v) is 2.62. The molecule has 0 spiro atoms. The van der Waals surface area contributed by atoms with E-state index in [1.807, 2.05) is 13.0 Å². The van der Waals surface area contributed by atoms with E-state index >= 15 is 0 Å². The van der Waals surface area contributed by atoms with Crippen LogP contribution >= 0.6 is 23.2 Å². The normalized spacial score (nSPS) is 10.9. The maximum Gasteiger partial charge on any atom is 0.258 e. The Bertz CT molecular complexity index is 882. The van der Waals surface area contributed by atoms with Crippen molar-refractivity contribution in [2.75, 3.05) is 5.32 Å². The van der Waals surface area contributed by atoms with Crippen LogP contribution in [0.15, 0.2) is 47.4 Å². The van der Waals surface area contributed by atoms with Gasteiger partial charge in [0.2, 0.25) is 0 Å². The first-order valence-electron chi connectivity index (χ1n) is 6.71. The van der Waals surface area contributed by atoms with Crippen LogP contribution in [0.2, 0.25) is 10.0 Å². The van der Waals surface area contributed by atoms with Gasteiger partial charge in [0, 0.05) is 28.0 Å². The molecule has 0 aliphatic carbocycles. The molecular weight excluding hydrogens is 321 g/mol. The van der Waals surface area contributed by atoms with Gasteiger partial charge in [0.05, 0.1) is 12.2 Å². The second-order valence-corrected chi connectivity index (χ2v) is 5.75. The molecule has 4 nitrogen and oxygen atoms in total. The van der Waals surface area contributed by atoms with E-state index in [0.29, 0.717) is 27.9 Å². The predicted octanol–water partition coefficient (Wildman–Crippen LogP) is 3.92. The monoisotopic (exact) mass is 333 g/mol. The lowest BCUT2D eigenvalue weighted by Gasteiger charge is -2.10. The van der Waals surface area contributed by atoms with Crippen LogP contribution in [0, 0.1) is 6.92 Å². The Balaban J connectivity index is 1.87. The molecule has 3 rings (SSSR count). The molecule has 0 aliphatic heterocycles. The molecular formula is C16H13Cl2N3O. The standard InChI is InChI=1S/C16H13Cl2N3O/c1-10-13(17)6-11(7-14(10)18)19-9-12-8-16(22)21-5-3-2-4-15(21)20-12/h2-8,19H,9H2,1H3. The first-order chi connectivity index (χ1) is 10.5. The number of fused-ring (bicyclic) bond motifs is 1. The summed E-state index contributed by atoms with van der Waals surface area (Å²) in [6, 6.07) is 10.6. The molecule has 1 N–H and O–H groups in total. The number of hydrogen-bond acceptors (Lipinski definition) is 3. The molecule has 112 valence electrons. The highest BCUT2D eigenvalue weighted by atomic mass is 35.5. The number of halogens is 2. The minimum atomic E-state index is -0.109. The summed E-state index contributed by atoms with van der Waals surface area (Å²) >= 11 is 12.2. The van der Waals surface area contributed by atoms with Gasteiger partial charge in [0.1, 0.15) is 5.65 Å². The number of benzene rings is 1. The van der Waals surface area contributed by atoms with Gasteiger partial charge < -0.3 is 5.32 Å². The molecule has 0 aliphatic rings. The summed E-state index contributed by atoms with van der Waals surface area (Å²) in [6.07, 6.45) is 1.70. The lowest BCUT2D eigenvalue weighted by atomic mass is 10.2. The molecule has 0 amide bonds. The van der Waals surface area contributed by atoms with Crippen molar-refractivity contribution in [3.63, 3.8) is 0 Å². The third-order valence-corrected chi connectivity index (χ3v) is 4.16. The Hall–Kier alpha value is -2.04. The molecule has 0 atom stereocenters. The van der Waals surface area contributed by atoms with Crippen LogP contribution < -0.4 is 10.9 Å². The minimum absolute atomic E-state index is 0.109. The number of nitrogens with one attached hydrogen (secondary N) is 1. The van der Waals surface area contributed by atoms with Crippen molar-refractivity contribution < 1.29 is 0 Å². The highest BCUT2D eigenvalue weighted by molar-refractivity contribution is 6.36. The molecule has 0 saturated carbocycles. The van der Waals surface area contributed by atoms with Crippen LogP contribution in [0.3, 0.4) is 0 Å². The molecule has 0 unspecified atom stereocenters. The summed E-state index contributed by atoms with van der Waals surface area (Å²) < 4.78 is 1.50. The Morgan fingerprint density at radius 2 is 1.91 bits per heavy atom. The van der Waals surface area contributed by atoms with Crippen LogP contribution in [0.5, 0.6) is 0 Å². The number of aromatic nitrogens is 2. The Kier molecular flexibility index (Phi) is 4.05. The van der Waals surface area contributed by atoms with Crippen LogP contribution in [-0.2, 0) is 6.54 Å². The molecule has 0 radical (unpaired) electrons. The van der Waals surface area contributed by atoms with Crippen LogP contribution in [0.1, 0.15) is 11.3 Å². The van der Waals surface area contributed by atoms with E-state index in [-0.39, 0.29) is 5.56 Å². The van der Waals surface area contributed by atoms with E-state index in [4.69, 9.17) is 23.2 Å². The second-order valence-electron chi connectivity index (χ2n) is 4.93. The average Bonchev–Trinajstić information content (AvgIpc) is 2.50. The molecule has 0 fully saturated rings. The van der Waals surface area contributed by atoms with E-state index in [9.17, 15) is 4.79 Å². The van der Waals surface area contributed by atoms with Crippen LogP contribution in [0.4, 0.5) is 5.69 Å². The van der Waals surface area contributed by atoms with E-state index in [1.165, 1.54) is 10.5 Å². The van der Waals surface area contributed by atoms with Crippen molar-refractivity contribution in [1.82, 2.24) is 9.38 Å². The number of pyridine rings is 1. The van der Waals surface area contributed by atoms with Gasteiger partial charge in [-0.2, -0.15) is 0 Å². The average molecular weight is 334 g/mol. The van der Waals surface area contributed by atoms with Gasteiger partial charge in [-0.15, -0.1) is 0 Å². The smallest absolute Gasteiger partial charge is 0.258 e. The zero-order valence-electron chi connectivity index (χ0n) is 11.8. The molecule has 22 heavy (non-hydrogen) atoms. The van der Waals surface area contributed by atoms with Gasteiger partial charge in [-0.3, -0.25) is 9.20 Å². The maximum atomic E-state index is 12.0. The maximum absolute atomic E-state index is 12.0. The van der Waals surface area contributed by atoms with Crippen molar-refractivity contribution in [3.8, 4) is 0 Å². The molecule has 0 saturated heterocycles. The van der Waals surface area contributed by atoms with Gasteiger partial charge in [0.15, 0.2) is 0 Å². The van der Waals surface area contributed by atoms with E-state index in [0.717, 1.165) is 11.3 Å². The molecule has 2 heterocycles. The van der Waals surface area contributed by atoms with E-state index < -0.39 is 0 Å². The number of hydrogen-bond donors (Lipinski definition) is 1. The highest BCUT2D eigenvalue weighted by Gasteiger charge is 2.05. The van der Waals surface area contributed by atoms with Crippen LogP contribution in [0.25, 0.3) is 5.65 Å². The second kappa shape index (κ2) is 5.99. The summed E-state index contributed by atoms with van der Waals surface area (Å²) in [7, 11) is 0. The first-order valence-corrected chi connectivity index (χ1v) is 7.47. The van der Waals surface area contributed by atoms with Gasteiger partial charge >= 0.3 is 0 Å². The van der Waals surface area contributed by atoms with E-state index in [1.54, 1.807) is 30.5 Å². The Morgan fingerprint density at radius 3 is 2.64 bits per heavy atom. The predicted molar refractivity (Wildman–Crippen MR) is 90.0 cm³/mol. The van der Waals surface area contributed by atoms with Gasteiger partial charge in [-0.1, -0.05) is 29.3 Å². The molecule has 2 aromatic heterocycles. The summed E-state index contributed by atoms with van der Waals surface area (Å²) in [6.45, 7) is 2.27. The van der Waals surface area contributed by atoms with Gasteiger partial charge in [-0.25, -0.2) is 4.98 Å². The minimum Gasteiger partial charge on any atom is -0.379 e. The third kappa shape index (κ3) is 2.93. The fraction of sp³-hybridized carbons (Fsp3) is 0.125. The van der Waals surface area contributed by atoms with Crippen molar-refractivity contribution in [2.45, 2.75) is 13.5 Å². The van der Waals surface area contributed by atoms with E-state index in [2.05, 4.69) is 10.3 Å². The molecule has 3 aromatic rings. The first kappa shape index (κ1) is 14.9. The SMILES string of the molecule is Cc1c(Cl)cc(NCc2cc(=O)n3ccccc3n2)cc1Cl. The quantitative estimate of drug-likeness (QED) is 0.790. The zero-order chi connectivity index (χ0) is 15.7. The number of rotatable bonds is 3. The van der Waals surface area contributed by atoms with Crippen molar-refractivity contribution in [2.24, 2.45) is 0 Å². The Labute approximate surface area is 137 Å². The molecule has 1 aromatic carbocycles. The molecule has 0 bridgehead atoms. The number of anilines is 1. The molecule has 6 heteroatoms. The van der Waals surface area contributed by atoms with Gasteiger partial charge in [0.25, 0.3) is 5.56 Å². The lowest BCUT2D eigenvalue weighted by Crippen LogP contribution is -2.16. The van der Waals surface area contributed by atoms with Gasteiger partial charge in [-0.05, 0) is 36.8 Å². The summed E-state index contributed by atoms with van der Waals surface area (Å²) in [4.78, 5) is 16.5. The van der Waals surface area contributed by atoms with Crippen molar-refractivity contribution in [3.05, 3.63) is 74.3 Å². The number of nitrogens with zero attached hydrogens (tertiary/aromatic N) is 2. The summed E-state index contributed by atoms with van der Waals surface area (Å²) in [5.41, 5.74) is 2.80. The third-order valence-electron chi connectivity index (χ3n) is 3.38. The van der Waals surface area contributed by atoms with Crippen LogP contribution in [-0.4, -0.2) is 9.38 Å². The summed E-state index contributed by atoms with van der Waals surface area (Å²) in [5.74, 6) is 0. The lowest BCUT2D eigenvalue weighted by molar-refractivity contribution is 0.971. The Morgan fingerprint density at radius 1 is 1.18 bits per heavy atom. The fourth-order valence-electron chi connectivity index (χ4n) is 2.13. The highest BCUT2D eigenvalue weighted by Crippen LogP contribution is 2.28. The largest absolute Gasteiger partial charge is 0.379 e. The van der Waals surface area contributed by atoms with Crippen molar-refractivity contribution >= 4 is 34.5 Å². The topological polar surface area (TPSA) is 46.4 Å². The van der Waals surface area contributed by atoms with Crippen molar-refractivity contribution in [1.29, 1.82) is 0 Å².